The minimum absolute atomic E-state index is 0. The van der Waals surface area contributed by atoms with Crippen LogP contribution in [-0.2, 0) is 10.0 Å². The molecule has 0 amide bonds. The van der Waals surface area contributed by atoms with E-state index in [2.05, 4.69) is 0 Å². The van der Waals surface area contributed by atoms with Gasteiger partial charge in [0.15, 0.2) is 0 Å². The molecule has 0 aliphatic carbocycles. The van der Waals surface area contributed by atoms with Gasteiger partial charge in [-0.25, -0.2) is 12.8 Å². The van der Waals surface area contributed by atoms with Gasteiger partial charge in [0.05, 0.1) is 10.5 Å². The molecule has 1 unspecified atom stereocenters. The maximum atomic E-state index is 13.1. The number of nitrogens with two attached hydrogens (primary N) is 1. The van der Waals surface area contributed by atoms with Crippen LogP contribution in [0.25, 0.3) is 0 Å². The molecule has 1 saturated heterocycles. The van der Waals surface area contributed by atoms with Crippen molar-refractivity contribution in [2.75, 3.05) is 13.1 Å². The van der Waals surface area contributed by atoms with E-state index in [0.717, 1.165) is 18.2 Å². The Balaban J connectivity index is 0.00000180. The van der Waals surface area contributed by atoms with E-state index in [1.807, 2.05) is 0 Å². The van der Waals surface area contributed by atoms with Gasteiger partial charge in [-0.15, -0.1) is 12.4 Å². The predicted molar refractivity (Wildman–Crippen MR) is 69.7 cm³/mol. The topological polar surface area (TPSA) is 87.2 Å². The number of halogens is 2. The van der Waals surface area contributed by atoms with Crippen LogP contribution in [0.1, 0.15) is 12.0 Å². The molecule has 1 aliphatic heterocycles. The second-order valence-electron chi connectivity index (χ2n) is 4.17. The molecule has 1 fully saturated rings. The lowest BCUT2D eigenvalue weighted by molar-refractivity contribution is 0.472. The van der Waals surface area contributed by atoms with E-state index in [1.54, 1.807) is 6.07 Å². The molecule has 0 spiro atoms. The third-order valence-corrected chi connectivity index (χ3v) is 4.74. The van der Waals surface area contributed by atoms with Crippen LogP contribution in [0.15, 0.2) is 23.1 Å². The summed E-state index contributed by atoms with van der Waals surface area (Å²) in [7, 11) is -3.69. The van der Waals surface area contributed by atoms with Gasteiger partial charge in [0.25, 0.3) is 0 Å². The number of sulfonamides is 1. The zero-order chi connectivity index (χ0) is 13.3. The summed E-state index contributed by atoms with van der Waals surface area (Å²) < 4.78 is 38.8. The van der Waals surface area contributed by atoms with Crippen LogP contribution >= 0.6 is 12.4 Å². The SMILES string of the molecule is Cl.N#Cc1cc(S(=O)(=O)N2CCC(N)C2)ccc1F. The molecule has 1 heterocycles. The number of nitrogens with zero attached hydrogens (tertiary/aromatic N) is 2. The summed E-state index contributed by atoms with van der Waals surface area (Å²) in [5.41, 5.74) is 5.38. The van der Waals surface area contributed by atoms with Crippen LogP contribution < -0.4 is 5.73 Å². The van der Waals surface area contributed by atoms with Gasteiger partial charge in [0.1, 0.15) is 11.9 Å². The molecule has 8 heteroatoms. The molecule has 1 aromatic carbocycles. The van der Waals surface area contributed by atoms with Crippen molar-refractivity contribution < 1.29 is 12.8 Å². The second kappa shape index (κ2) is 5.84. The summed E-state index contributed by atoms with van der Waals surface area (Å²) in [6.45, 7) is 0.602. The standard InChI is InChI=1S/C11H12FN3O2S.ClH/c12-11-2-1-10(5-8(11)6-13)18(16,17)15-4-3-9(14)7-15;/h1-2,5,9H,3-4,7,14H2;1H. The zero-order valence-corrected chi connectivity index (χ0v) is 11.5. The fourth-order valence-electron chi connectivity index (χ4n) is 1.87. The summed E-state index contributed by atoms with van der Waals surface area (Å²) in [6, 6.07) is 4.65. The summed E-state index contributed by atoms with van der Waals surface area (Å²) in [5, 5.41) is 8.70. The van der Waals surface area contributed by atoms with Gasteiger partial charge in [-0.1, -0.05) is 0 Å². The first-order valence-electron chi connectivity index (χ1n) is 5.40. The van der Waals surface area contributed by atoms with E-state index in [9.17, 15) is 12.8 Å². The largest absolute Gasteiger partial charge is 0.326 e. The Morgan fingerprint density at radius 2 is 2.16 bits per heavy atom. The molecule has 0 saturated carbocycles. The van der Waals surface area contributed by atoms with Gasteiger partial charge < -0.3 is 5.73 Å². The first-order valence-corrected chi connectivity index (χ1v) is 6.84. The highest BCUT2D eigenvalue weighted by Crippen LogP contribution is 2.22. The van der Waals surface area contributed by atoms with Crippen molar-refractivity contribution in [3.8, 4) is 6.07 Å². The van der Waals surface area contributed by atoms with E-state index in [1.165, 1.54) is 4.31 Å². The average molecular weight is 306 g/mol. The monoisotopic (exact) mass is 305 g/mol. The highest BCUT2D eigenvalue weighted by atomic mass is 35.5. The molecule has 19 heavy (non-hydrogen) atoms. The maximum absolute atomic E-state index is 13.1. The van der Waals surface area contributed by atoms with Crippen LogP contribution in [0.5, 0.6) is 0 Å². The van der Waals surface area contributed by atoms with Crippen LogP contribution in [0.2, 0.25) is 0 Å². The molecule has 104 valence electrons. The highest BCUT2D eigenvalue weighted by molar-refractivity contribution is 7.89. The normalized spacial score (nSPS) is 19.7. The van der Waals surface area contributed by atoms with Crippen LogP contribution in [-0.4, -0.2) is 31.9 Å². The Bertz CT molecular complexity index is 615. The Morgan fingerprint density at radius 1 is 1.47 bits per heavy atom. The van der Waals surface area contributed by atoms with Crippen molar-refractivity contribution in [1.82, 2.24) is 4.31 Å². The zero-order valence-electron chi connectivity index (χ0n) is 9.91. The van der Waals surface area contributed by atoms with Gasteiger partial charge >= 0.3 is 0 Å². The van der Waals surface area contributed by atoms with E-state index in [-0.39, 0.29) is 35.5 Å². The molecule has 1 atom stereocenters. The Morgan fingerprint density at radius 3 is 2.68 bits per heavy atom. The quantitative estimate of drug-likeness (QED) is 0.877. The van der Waals surface area contributed by atoms with Gasteiger partial charge in [-0.05, 0) is 24.6 Å². The van der Waals surface area contributed by atoms with Crippen LogP contribution in [0.4, 0.5) is 4.39 Å². The highest BCUT2D eigenvalue weighted by Gasteiger charge is 2.31. The average Bonchev–Trinajstić information content (AvgIpc) is 2.77. The van der Waals surface area contributed by atoms with E-state index in [0.29, 0.717) is 13.0 Å². The summed E-state index contributed by atoms with van der Waals surface area (Å²) >= 11 is 0. The minimum Gasteiger partial charge on any atom is -0.326 e. The van der Waals surface area contributed by atoms with Crippen LogP contribution in [0, 0.1) is 17.1 Å². The van der Waals surface area contributed by atoms with Crippen LogP contribution in [0.3, 0.4) is 0 Å². The second-order valence-corrected chi connectivity index (χ2v) is 6.10. The predicted octanol–water partition coefficient (Wildman–Crippen LogP) is 0.841. The first kappa shape index (κ1) is 15.9. The van der Waals surface area contributed by atoms with Gasteiger partial charge in [-0.2, -0.15) is 9.57 Å². The molecule has 1 aromatic rings. The minimum atomic E-state index is -3.69. The molecule has 2 rings (SSSR count). The molecule has 0 aromatic heterocycles. The third kappa shape index (κ3) is 3.04. The van der Waals surface area contributed by atoms with Crippen molar-refractivity contribution >= 4 is 22.4 Å². The number of nitriles is 1. The molecule has 2 N–H and O–H groups in total. The van der Waals surface area contributed by atoms with Gasteiger partial charge in [-0.3, -0.25) is 0 Å². The fraction of sp³-hybridized carbons (Fsp3) is 0.364. The van der Waals surface area contributed by atoms with E-state index >= 15 is 0 Å². The van der Waals surface area contributed by atoms with Crippen molar-refractivity contribution in [2.45, 2.75) is 17.4 Å². The molecular weight excluding hydrogens is 293 g/mol. The molecular formula is C11H13ClFN3O2S. The summed E-state index contributed by atoms with van der Waals surface area (Å²) in [5.74, 6) is -0.727. The number of hydrogen-bond donors (Lipinski definition) is 1. The number of rotatable bonds is 2. The lowest BCUT2D eigenvalue weighted by Gasteiger charge is -2.16. The lowest BCUT2D eigenvalue weighted by atomic mass is 10.2. The smallest absolute Gasteiger partial charge is 0.243 e. The molecule has 0 bridgehead atoms. The molecule has 0 radical (unpaired) electrons. The van der Waals surface area contributed by atoms with Crippen molar-refractivity contribution in [3.63, 3.8) is 0 Å². The number of hydrogen-bond acceptors (Lipinski definition) is 4. The summed E-state index contributed by atoms with van der Waals surface area (Å²) in [4.78, 5) is -0.0745. The van der Waals surface area contributed by atoms with Crippen molar-refractivity contribution in [2.24, 2.45) is 5.73 Å². The Hall–Kier alpha value is -1.20. The maximum Gasteiger partial charge on any atom is 0.243 e. The fourth-order valence-corrected chi connectivity index (χ4v) is 3.41. The van der Waals surface area contributed by atoms with Gasteiger partial charge in [0, 0.05) is 19.1 Å². The molecule has 1 aliphatic rings. The van der Waals surface area contributed by atoms with Crippen molar-refractivity contribution in [3.05, 3.63) is 29.6 Å². The van der Waals surface area contributed by atoms with Crippen molar-refractivity contribution in [1.29, 1.82) is 5.26 Å². The summed E-state index contributed by atoms with van der Waals surface area (Å²) in [6.07, 6.45) is 0.603. The Kier molecular flexibility index (Phi) is 4.87. The van der Waals surface area contributed by atoms with Gasteiger partial charge in [0.2, 0.25) is 10.0 Å². The molecule has 5 nitrogen and oxygen atoms in total. The Labute approximate surface area is 117 Å². The van der Waals surface area contributed by atoms with E-state index in [4.69, 9.17) is 11.0 Å². The lowest BCUT2D eigenvalue weighted by Crippen LogP contribution is -2.32. The third-order valence-electron chi connectivity index (χ3n) is 2.88. The first-order chi connectivity index (χ1) is 8.45. The van der Waals surface area contributed by atoms with E-state index < -0.39 is 15.8 Å². The number of benzene rings is 1.